The van der Waals surface area contributed by atoms with Crippen molar-refractivity contribution < 1.29 is 32.4 Å². The van der Waals surface area contributed by atoms with Gasteiger partial charge in [-0.3, -0.25) is 10.1 Å². The van der Waals surface area contributed by atoms with E-state index in [2.05, 4.69) is 43.1 Å². The number of sulfone groups is 1. The molecular weight excluding hydrogens is 907 g/mol. The van der Waals surface area contributed by atoms with Crippen LogP contribution in [0, 0.1) is 34.3 Å². The van der Waals surface area contributed by atoms with Crippen LogP contribution in [0.15, 0.2) is 177 Å². The molecule has 0 spiro atoms. The van der Waals surface area contributed by atoms with Gasteiger partial charge in [-0.25, -0.2) is 18.0 Å². The number of unbranched alkanes of at least 4 members (excludes halogenated alkanes) is 2. The highest BCUT2D eigenvalue weighted by molar-refractivity contribution is 7.91. The predicted molar refractivity (Wildman–Crippen MR) is 271 cm³/mol. The molecule has 70 heavy (non-hydrogen) atoms. The fourth-order valence-corrected chi connectivity index (χ4v) is 7.67. The van der Waals surface area contributed by atoms with Gasteiger partial charge in [-0.1, -0.05) is 37.0 Å². The standard InChI is InChI=1S/C54H51N7O8S/c1-3-5-11-36-59(49-28-20-45(21-29-49)55-57-47-24-32-51(33-25-47)61(64)65)37-12-7-8-13-42-16-18-44(19-17-42)54(63)69-41-39-60(38-40-68-53(62)43-14-9-6-10-15-43)50-30-22-46(23-31-50)56-58-48-26-34-52(35-27-48)70(66,67)4-2/h1,6,9-10,14-35H,4-5,7,11-12,36-41H2,2H3. The highest BCUT2D eigenvalue weighted by atomic mass is 32.2. The first kappa shape index (κ1) is 50.9. The molecule has 0 aromatic heterocycles. The number of nitro benzene ring substituents is 1. The molecule has 0 amide bonds. The number of carbonyl (C=O) groups is 2. The molecule has 6 aromatic carbocycles. The Morgan fingerprint density at radius 3 is 1.51 bits per heavy atom. The lowest BCUT2D eigenvalue weighted by atomic mass is 10.1. The van der Waals surface area contributed by atoms with Crippen molar-refractivity contribution in [1.82, 2.24) is 0 Å². The number of esters is 2. The lowest BCUT2D eigenvalue weighted by Crippen LogP contribution is -2.32. The topological polar surface area (TPSA) is 186 Å². The molecule has 16 heteroatoms. The van der Waals surface area contributed by atoms with Crippen LogP contribution in [0.4, 0.5) is 39.8 Å². The molecule has 0 saturated heterocycles. The van der Waals surface area contributed by atoms with Crippen molar-refractivity contribution in [2.45, 2.75) is 37.5 Å². The number of anilines is 2. The van der Waals surface area contributed by atoms with Crippen LogP contribution in [0.5, 0.6) is 0 Å². The van der Waals surface area contributed by atoms with Gasteiger partial charge in [-0.05, 0) is 134 Å². The predicted octanol–water partition coefficient (Wildman–Crippen LogP) is 11.8. The molecule has 0 heterocycles. The Morgan fingerprint density at radius 1 is 0.600 bits per heavy atom. The molecule has 0 N–H and O–H groups in total. The van der Waals surface area contributed by atoms with Crippen LogP contribution < -0.4 is 9.80 Å². The second-order valence-corrected chi connectivity index (χ2v) is 17.8. The molecule has 356 valence electrons. The van der Waals surface area contributed by atoms with Gasteiger partial charge in [0.1, 0.15) is 13.2 Å². The van der Waals surface area contributed by atoms with E-state index >= 15 is 0 Å². The Morgan fingerprint density at radius 2 is 1.04 bits per heavy atom. The summed E-state index contributed by atoms with van der Waals surface area (Å²) in [4.78, 5) is 40.6. The number of hydrogen-bond donors (Lipinski definition) is 0. The summed E-state index contributed by atoms with van der Waals surface area (Å²) in [6, 6.07) is 42.7. The van der Waals surface area contributed by atoms with E-state index in [1.165, 1.54) is 24.3 Å². The van der Waals surface area contributed by atoms with Gasteiger partial charge in [0.2, 0.25) is 0 Å². The molecule has 6 rings (SSSR count). The van der Waals surface area contributed by atoms with E-state index in [-0.39, 0.29) is 29.5 Å². The average Bonchev–Trinajstić information content (AvgIpc) is 3.39. The van der Waals surface area contributed by atoms with Crippen LogP contribution in [0.1, 0.15) is 58.9 Å². The normalized spacial score (nSPS) is 11.1. The molecule has 0 bridgehead atoms. The third-order valence-electron chi connectivity index (χ3n) is 10.7. The van der Waals surface area contributed by atoms with Gasteiger partial charge in [-0.2, -0.15) is 20.5 Å². The average molecular weight is 958 g/mol. The zero-order valence-corrected chi connectivity index (χ0v) is 39.4. The molecular formula is C54H51N7O8S. The number of azo groups is 2. The minimum Gasteiger partial charge on any atom is -0.460 e. The number of nitro groups is 1. The maximum absolute atomic E-state index is 13.1. The number of ether oxygens (including phenoxy) is 2. The van der Waals surface area contributed by atoms with Crippen molar-refractivity contribution in [2.24, 2.45) is 20.5 Å². The molecule has 0 fully saturated rings. The zero-order chi connectivity index (χ0) is 49.6. The van der Waals surface area contributed by atoms with Crippen LogP contribution in [0.25, 0.3) is 0 Å². The monoisotopic (exact) mass is 957 g/mol. The summed E-state index contributed by atoms with van der Waals surface area (Å²) >= 11 is 0. The van der Waals surface area contributed by atoms with Gasteiger partial charge in [0.05, 0.1) is 62.5 Å². The Balaban J connectivity index is 0.995. The maximum Gasteiger partial charge on any atom is 0.338 e. The highest BCUT2D eigenvalue weighted by Gasteiger charge is 2.14. The van der Waals surface area contributed by atoms with Gasteiger partial charge in [-0.15, -0.1) is 12.3 Å². The Kier molecular flexibility index (Phi) is 19.0. The first-order valence-corrected chi connectivity index (χ1v) is 24.2. The Labute approximate surface area is 408 Å². The summed E-state index contributed by atoms with van der Waals surface area (Å²) in [5.74, 6) is 8.20. The smallest absolute Gasteiger partial charge is 0.338 e. The van der Waals surface area contributed by atoms with Gasteiger partial charge < -0.3 is 19.3 Å². The number of nitrogens with zero attached hydrogens (tertiary/aromatic N) is 7. The number of hydrogen-bond acceptors (Lipinski definition) is 14. The van der Waals surface area contributed by atoms with Crippen molar-refractivity contribution in [3.8, 4) is 24.2 Å². The van der Waals surface area contributed by atoms with E-state index in [9.17, 15) is 28.1 Å². The van der Waals surface area contributed by atoms with Crippen molar-refractivity contribution in [1.29, 1.82) is 0 Å². The third-order valence-corrected chi connectivity index (χ3v) is 12.4. The van der Waals surface area contributed by atoms with Gasteiger partial charge >= 0.3 is 11.9 Å². The first-order valence-electron chi connectivity index (χ1n) is 22.5. The van der Waals surface area contributed by atoms with Crippen LogP contribution in [-0.2, 0) is 19.3 Å². The van der Waals surface area contributed by atoms with Crippen LogP contribution in [-0.4, -0.2) is 70.4 Å². The van der Waals surface area contributed by atoms with Crippen molar-refractivity contribution in [3.05, 3.63) is 178 Å². The summed E-state index contributed by atoms with van der Waals surface area (Å²) < 4.78 is 35.5. The third kappa shape index (κ3) is 15.8. The molecule has 0 aliphatic heterocycles. The SMILES string of the molecule is C#CCCCN(CCCC#Cc1ccc(C(=O)OCCN(CCOC(=O)c2ccccc2)c2ccc(N=Nc3ccc(S(=O)(=O)CC)cc3)cc2)cc1)c1ccc(N=Nc2ccc([N+](=O)[O-])cc2)cc1. The van der Waals surface area contributed by atoms with Crippen LogP contribution in [0.2, 0.25) is 0 Å². The van der Waals surface area contributed by atoms with Crippen molar-refractivity contribution >= 4 is 61.6 Å². The van der Waals surface area contributed by atoms with Gasteiger partial charge in [0.25, 0.3) is 5.69 Å². The minimum absolute atomic E-state index is 0.00758. The quantitative estimate of drug-likeness (QED) is 0.0149. The van der Waals surface area contributed by atoms with E-state index in [1.807, 2.05) is 47.4 Å². The van der Waals surface area contributed by atoms with E-state index in [4.69, 9.17) is 15.9 Å². The first-order chi connectivity index (χ1) is 34.0. The lowest BCUT2D eigenvalue weighted by molar-refractivity contribution is -0.384. The van der Waals surface area contributed by atoms with Gasteiger partial charge in [0, 0.05) is 55.0 Å². The summed E-state index contributed by atoms with van der Waals surface area (Å²) in [6.07, 6.45) is 8.48. The van der Waals surface area contributed by atoms with Crippen LogP contribution in [0.3, 0.4) is 0 Å². The van der Waals surface area contributed by atoms with E-state index in [0.717, 1.165) is 42.9 Å². The molecule has 0 aliphatic carbocycles. The zero-order valence-electron chi connectivity index (χ0n) is 38.6. The number of rotatable bonds is 23. The Hall–Kier alpha value is -8.47. The molecule has 15 nitrogen and oxygen atoms in total. The summed E-state index contributed by atoms with van der Waals surface area (Å²) in [6.45, 7) is 3.88. The fourth-order valence-electron chi connectivity index (χ4n) is 6.78. The van der Waals surface area contributed by atoms with Crippen LogP contribution >= 0.6 is 0 Å². The maximum atomic E-state index is 13.1. The Bertz CT molecular complexity index is 2950. The highest BCUT2D eigenvalue weighted by Crippen LogP contribution is 2.26. The fraction of sp³-hybridized carbons (Fsp3) is 0.222. The number of terminal acetylenes is 1. The number of carbonyl (C=O) groups excluding carboxylic acids is 2. The number of non-ortho nitro benzene ring substituents is 1. The molecule has 0 radical (unpaired) electrons. The second-order valence-electron chi connectivity index (χ2n) is 15.5. The van der Waals surface area contributed by atoms with Crippen molar-refractivity contribution in [3.63, 3.8) is 0 Å². The largest absolute Gasteiger partial charge is 0.460 e. The van der Waals surface area contributed by atoms with Gasteiger partial charge in [0.15, 0.2) is 9.84 Å². The molecule has 0 unspecified atom stereocenters. The lowest BCUT2D eigenvalue weighted by Gasteiger charge is -2.24. The summed E-state index contributed by atoms with van der Waals surface area (Å²) in [5, 5.41) is 27.9. The summed E-state index contributed by atoms with van der Waals surface area (Å²) in [5.41, 5.74) is 5.59. The second kappa shape index (κ2) is 26.2. The molecule has 0 saturated carbocycles. The van der Waals surface area contributed by atoms with E-state index in [1.54, 1.807) is 91.9 Å². The molecule has 0 aliphatic rings. The van der Waals surface area contributed by atoms with E-state index in [0.29, 0.717) is 59.8 Å². The summed E-state index contributed by atoms with van der Waals surface area (Å²) in [7, 11) is -3.32. The van der Waals surface area contributed by atoms with E-state index < -0.39 is 26.7 Å². The molecule has 0 atom stereocenters. The number of benzene rings is 6. The minimum atomic E-state index is -3.32. The molecule has 6 aromatic rings. The van der Waals surface area contributed by atoms with Crippen molar-refractivity contribution in [2.75, 3.05) is 54.9 Å².